The molecule has 0 saturated heterocycles. The van der Waals surface area contributed by atoms with Gasteiger partial charge in [0.1, 0.15) is 0 Å². The van der Waals surface area contributed by atoms with Crippen LogP contribution < -0.4 is 9.47 Å². The van der Waals surface area contributed by atoms with Gasteiger partial charge < -0.3 is 9.47 Å². The van der Waals surface area contributed by atoms with E-state index in [1.165, 1.54) is 0 Å². The number of fused-ring (bicyclic) bond motifs is 1. The summed E-state index contributed by atoms with van der Waals surface area (Å²) in [6.45, 7) is 0.274. The first-order chi connectivity index (χ1) is 10.2. The predicted octanol–water partition coefficient (Wildman–Crippen LogP) is 4.12. The fourth-order valence-corrected chi connectivity index (χ4v) is 2.83. The molecule has 0 saturated carbocycles. The third-order valence-corrected chi connectivity index (χ3v) is 4.76. The summed E-state index contributed by atoms with van der Waals surface area (Å²) in [4.78, 5) is 11.7. The molecule has 0 fully saturated rings. The number of hydrogen-bond donors (Lipinski definition) is 0. The maximum Gasteiger partial charge on any atom is 0.231 e. The third-order valence-electron chi connectivity index (χ3n) is 2.72. The molecule has 0 atom stereocenters. The van der Waals surface area contributed by atoms with Crippen LogP contribution in [0.1, 0.15) is 5.56 Å². The second-order valence-corrected chi connectivity index (χ2v) is 6.06. The van der Waals surface area contributed by atoms with E-state index in [9.17, 15) is 4.79 Å². The minimum Gasteiger partial charge on any atom is -0.454 e. The molecule has 2 rings (SSSR count). The van der Waals surface area contributed by atoms with E-state index in [0.29, 0.717) is 0 Å². The first-order valence-corrected chi connectivity index (χ1v) is 8.76. The van der Waals surface area contributed by atoms with Gasteiger partial charge in [0.25, 0.3) is 0 Å². The number of hydrogen-bond acceptors (Lipinski definition) is 5. The molecular weight excluding hydrogens is 304 g/mol. The number of thioether (sulfide) groups is 2. The normalized spacial score (nSPS) is 13.0. The summed E-state index contributed by atoms with van der Waals surface area (Å²) < 4.78 is 11.6. The highest BCUT2D eigenvalue weighted by molar-refractivity contribution is 8.21. The molecule has 0 amide bonds. The summed E-state index contributed by atoms with van der Waals surface area (Å²) in [7, 11) is 0. The Bertz CT molecular complexity index is 598. The van der Waals surface area contributed by atoms with E-state index < -0.39 is 0 Å². The van der Waals surface area contributed by atoms with E-state index in [1.807, 2.05) is 42.9 Å². The molecule has 0 spiro atoms. The second-order valence-electron chi connectivity index (χ2n) is 4.10. The highest BCUT2D eigenvalue weighted by Crippen LogP contribution is 2.32. The van der Waals surface area contributed by atoms with Crippen LogP contribution in [0, 0.1) is 0 Å². The summed E-state index contributed by atoms with van der Waals surface area (Å²) in [5.41, 5.74) is 1.00. The Balaban J connectivity index is 1.94. The van der Waals surface area contributed by atoms with Crippen molar-refractivity contribution in [2.45, 2.75) is 0 Å². The van der Waals surface area contributed by atoms with Crippen LogP contribution in [0.4, 0.5) is 0 Å². The number of rotatable bonds is 6. The molecule has 21 heavy (non-hydrogen) atoms. The molecule has 0 radical (unpaired) electrons. The van der Waals surface area contributed by atoms with Crippen LogP contribution >= 0.6 is 23.5 Å². The van der Waals surface area contributed by atoms with Crippen LogP contribution in [0.25, 0.3) is 6.08 Å². The number of carbonyl (C=O) groups excluding carboxylic acids is 1. The van der Waals surface area contributed by atoms with E-state index in [-0.39, 0.29) is 12.6 Å². The lowest BCUT2D eigenvalue weighted by molar-refractivity contribution is -0.110. The number of ether oxygens (including phenoxy) is 2. The zero-order valence-corrected chi connectivity index (χ0v) is 13.5. The average molecular weight is 320 g/mol. The van der Waals surface area contributed by atoms with Gasteiger partial charge in [-0.15, -0.1) is 23.5 Å². The maximum absolute atomic E-state index is 11.7. The molecule has 110 valence electrons. The smallest absolute Gasteiger partial charge is 0.231 e. The van der Waals surface area contributed by atoms with E-state index in [4.69, 9.17) is 9.47 Å². The largest absolute Gasteiger partial charge is 0.454 e. The number of benzene rings is 1. The zero-order chi connectivity index (χ0) is 15.1. The van der Waals surface area contributed by atoms with Crippen LogP contribution in [-0.4, -0.2) is 25.1 Å². The lowest BCUT2D eigenvalue weighted by Gasteiger charge is -1.96. The van der Waals surface area contributed by atoms with Crippen molar-refractivity contribution in [1.82, 2.24) is 0 Å². The number of ketones is 1. The van der Waals surface area contributed by atoms with Crippen LogP contribution in [0.15, 0.2) is 46.7 Å². The van der Waals surface area contributed by atoms with Gasteiger partial charge in [-0.1, -0.05) is 24.3 Å². The van der Waals surface area contributed by atoms with Gasteiger partial charge in [-0.3, -0.25) is 4.79 Å². The molecule has 1 heterocycles. The van der Waals surface area contributed by atoms with Crippen molar-refractivity contribution < 1.29 is 14.3 Å². The van der Waals surface area contributed by atoms with E-state index in [2.05, 4.69) is 0 Å². The minimum absolute atomic E-state index is 0.0102. The van der Waals surface area contributed by atoms with Gasteiger partial charge in [-0.05, 0) is 36.3 Å². The van der Waals surface area contributed by atoms with E-state index in [1.54, 1.807) is 41.8 Å². The summed E-state index contributed by atoms with van der Waals surface area (Å²) in [6.07, 6.45) is 12.6. The molecule has 5 heteroatoms. The zero-order valence-electron chi connectivity index (χ0n) is 11.9. The topological polar surface area (TPSA) is 35.5 Å². The first kappa shape index (κ1) is 15.8. The molecule has 0 aromatic heterocycles. The van der Waals surface area contributed by atoms with Gasteiger partial charge in [-0.25, -0.2) is 0 Å². The SMILES string of the molecule is CSC(=CC(=O)/C=C/C=C/c1ccc2c(c1)OCO2)SC. The average Bonchev–Trinajstić information content (AvgIpc) is 2.96. The van der Waals surface area contributed by atoms with Gasteiger partial charge in [-0.2, -0.15) is 0 Å². The van der Waals surface area contributed by atoms with Crippen LogP contribution in [-0.2, 0) is 4.79 Å². The number of allylic oxidation sites excluding steroid dienone is 4. The Morgan fingerprint density at radius 3 is 2.67 bits per heavy atom. The quantitative estimate of drug-likeness (QED) is 0.582. The van der Waals surface area contributed by atoms with Crippen LogP contribution in [0.2, 0.25) is 0 Å². The lowest BCUT2D eigenvalue weighted by Crippen LogP contribution is -1.92. The molecule has 0 unspecified atom stereocenters. The Morgan fingerprint density at radius 2 is 1.90 bits per heavy atom. The van der Waals surface area contributed by atoms with Gasteiger partial charge in [0.2, 0.25) is 6.79 Å². The standard InChI is InChI=1S/C16H16O3S2/c1-20-16(21-2)10-13(17)6-4-3-5-12-7-8-14-15(9-12)19-11-18-14/h3-10H,11H2,1-2H3/b5-3+,6-4+. The van der Waals surface area contributed by atoms with Crippen molar-refractivity contribution in [1.29, 1.82) is 0 Å². The van der Waals surface area contributed by atoms with Crippen molar-refractivity contribution in [2.24, 2.45) is 0 Å². The van der Waals surface area contributed by atoms with Gasteiger partial charge in [0.15, 0.2) is 17.3 Å². The molecule has 0 aliphatic carbocycles. The van der Waals surface area contributed by atoms with E-state index in [0.717, 1.165) is 21.3 Å². The summed E-state index contributed by atoms with van der Waals surface area (Å²) in [5, 5.41) is 0. The molecule has 0 bridgehead atoms. The third kappa shape index (κ3) is 4.72. The van der Waals surface area contributed by atoms with Crippen LogP contribution in [0.3, 0.4) is 0 Å². The number of carbonyl (C=O) groups is 1. The van der Waals surface area contributed by atoms with Crippen molar-refractivity contribution in [3.05, 3.63) is 52.3 Å². The van der Waals surface area contributed by atoms with Crippen LogP contribution in [0.5, 0.6) is 11.5 Å². The highest BCUT2D eigenvalue weighted by atomic mass is 32.2. The molecule has 3 nitrogen and oxygen atoms in total. The van der Waals surface area contributed by atoms with Crippen molar-refractivity contribution in [3.8, 4) is 11.5 Å². The predicted molar refractivity (Wildman–Crippen MR) is 90.9 cm³/mol. The molecule has 1 aliphatic rings. The molecule has 0 N–H and O–H groups in total. The van der Waals surface area contributed by atoms with Crippen molar-refractivity contribution >= 4 is 35.4 Å². The van der Waals surface area contributed by atoms with Gasteiger partial charge >= 0.3 is 0 Å². The Labute approximate surface area is 133 Å². The first-order valence-electron chi connectivity index (χ1n) is 6.31. The van der Waals surface area contributed by atoms with Crippen molar-refractivity contribution in [3.63, 3.8) is 0 Å². The van der Waals surface area contributed by atoms with Crippen molar-refractivity contribution in [2.75, 3.05) is 19.3 Å². The lowest BCUT2D eigenvalue weighted by atomic mass is 10.2. The second kappa shape index (κ2) is 8.00. The molecule has 1 aliphatic heterocycles. The molecule has 1 aromatic carbocycles. The van der Waals surface area contributed by atoms with Gasteiger partial charge in [0.05, 0.1) is 0 Å². The van der Waals surface area contributed by atoms with Gasteiger partial charge in [0, 0.05) is 10.3 Å². The minimum atomic E-state index is -0.0102. The molecule has 1 aromatic rings. The molecular formula is C16H16O3S2. The summed E-state index contributed by atoms with van der Waals surface area (Å²) in [5.74, 6) is 1.51. The highest BCUT2D eigenvalue weighted by Gasteiger charge is 2.11. The Kier molecular flexibility index (Phi) is 6.02. The fourth-order valence-electron chi connectivity index (χ4n) is 1.70. The Morgan fingerprint density at radius 1 is 1.14 bits per heavy atom. The Hall–Kier alpha value is -1.59. The van der Waals surface area contributed by atoms with E-state index >= 15 is 0 Å². The monoisotopic (exact) mass is 320 g/mol. The fraction of sp³-hybridized carbons (Fsp3) is 0.188. The maximum atomic E-state index is 11.7. The summed E-state index contributed by atoms with van der Waals surface area (Å²) in [6, 6.07) is 5.73. The summed E-state index contributed by atoms with van der Waals surface area (Å²) >= 11 is 3.14.